The molecule has 3 rings (SSSR count). The smallest absolute Gasteiger partial charge is 0.121 e. The normalized spacial score (nSPS) is 11.9. The number of methoxy groups -OCH3 is 1. The van der Waals surface area contributed by atoms with Gasteiger partial charge in [0.1, 0.15) is 11.9 Å². The Morgan fingerprint density at radius 2 is 1.59 bits per heavy atom. The van der Waals surface area contributed by atoms with E-state index in [0.29, 0.717) is 5.69 Å². The van der Waals surface area contributed by atoms with E-state index in [1.165, 1.54) is 0 Å². The lowest BCUT2D eigenvalue weighted by atomic mass is 10.0. The highest BCUT2D eigenvalue weighted by atomic mass is 16.5. The van der Waals surface area contributed by atoms with Crippen molar-refractivity contribution in [1.29, 1.82) is 0 Å². The number of aliphatic hydroxyl groups excluding tert-OH is 1. The van der Waals surface area contributed by atoms with Crippen LogP contribution in [0.4, 0.5) is 0 Å². The summed E-state index contributed by atoms with van der Waals surface area (Å²) in [4.78, 5) is 4.58. The molecule has 1 aromatic heterocycles. The molecule has 1 atom stereocenters. The van der Waals surface area contributed by atoms with E-state index >= 15 is 0 Å². The fourth-order valence-corrected chi connectivity index (χ4v) is 2.33. The van der Waals surface area contributed by atoms with E-state index in [4.69, 9.17) is 4.74 Å². The summed E-state index contributed by atoms with van der Waals surface area (Å²) in [6.07, 6.45) is -0.723. The van der Waals surface area contributed by atoms with Crippen molar-refractivity contribution in [3.63, 3.8) is 0 Å². The van der Waals surface area contributed by atoms with Crippen LogP contribution in [0.1, 0.15) is 17.4 Å². The van der Waals surface area contributed by atoms with E-state index in [9.17, 15) is 5.11 Å². The molecule has 110 valence electrons. The van der Waals surface area contributed by atoms with Gasteiger partial charge >= 0.3 is 0 Å². The maximum atomic E-state index is 10.5. The quantitative estimate of drug-likeness (QED) is 0.794. The topological polar surface area (TPSA) is 42.4 Å². The van der Waals surface area contributed by atoms with E-state index in [0.717, 1.165) is 22.6 Å². The van der Waals surface area contributed by atoms with Crippen LogP contribution in [0.25, 0.3) is 11.3 Å². The largest absolute Gasteiger partial charge is 0.497 e. The number of rotatable bonds is 4. The summed E-state index contributed by atoms with van der Waals surface area (Å²) in [5, 5.41) is 10.5. The Kier molecular flexibility index (Phi) is 4.17. The Labute approximate surface area is 129 Å². The van der Waals surface area contributed by atoms with Crippen LogP contribution in [0.5, 0.6) is 5.75 Å². The van der Waals surface area contributed by atoms with Crippen LogP contribution in [0, 0.1) is 0 Å². The van der Waals surface area contributed by atoms with E-state index in [-0.39, 0.29) is 0 Å². The second-order valence-electron chi connectivity index (χ2n) is 4.99. The molecule has 1 heterocycles. The second-order valence-corrected chi connectivity index (χ2v) is 4.99. The Balaban J connectivity index is 1.92. The highest BCUT2D eigenvalue weighted by Gasteiger charge is 2.12. The number of aliphatic hydroxyl groups is 1. The van der Waals surface area contributed by atoms with Crippen molar-refractivity contribution in [1.82, 2.24) is 4.98 Å². The third kappa shape index (κ3) is 3.00. The van der Waals surface area contributed by atoms with Crippen LogP contribution in [0.2, 0.25) is 0 Å². The molecule has 0 saturated heterocycles. The molecule has 3 nitrogen and oxygen atoms in total. The maximum Gasteiger partial charge on any atom is 0.121 e. The third-order valence-electron chi connectivity index (χ3n) is 3.55. The molecule has 0 aliphatic carbocycles. The number of hydrogen-bond donors (Lipinski definition) is 1. The van der Waals surface area contributed by atoms with Crippen molar-refractivity contribution in [2.24, 2.45) is 0 Å². The van der Waals surface area contributed by atoms with Gasteiger partial charge in [-0.15, -0.1) is 0 Å². The standard InChI is InChI=1S/C19H17NO2/c1-22-16-12-10-14(11-13-16)17-8-5-9-18(20-17)19(21)15-6-3-2-4-7-15/h2-13,19,21H,1H3. The Hall–Kier alpha value is -2.65. The van der Waals surface area contributed by atoms with E-state index < -0.39 is 6.10 Å². The molecular weight excluding hydrogens is 274 g/mol. The molecule has 2 aromatic carbocycles. The lowest BCUT2D eigenvalue weighted by molar-refractivity contribution is 0.215. The van der Waals surface area contributed by atoms with Gasteiger partial charge in [-0.05, 0) is 42.0 Å². The molecule has 3 aromatic rings. The Morgan fingerprint density at radius 3 is 2.27 bits per heavy atom. The summed E-state index contributed by atoms with van der Waals surface area (Å²) in [5.41, 5.74) is 3.29. The van der Waals surface area contributed by atoms with E-state index in [2.05, 4.69) is 4.98 Å². The maximum absolute atomic E-state index is 10.5. The van der Waals surface area contributed by atoms with Crippen molar-refractivity contribution < 1.29 is 9.84 Å². The van der Waals surface area contributed by atoms with Crippen LogP contribution in [0.3, 0.4) is 0 Å². The molecule has 3 heteroatoms. The third-order valence-corrected chi connectivity index (χ3v) is 3.55. The van der Waals surface area contributed by atoms with Crippen molar-refractivity contribution >= 4 is 0 Å². The van der Waals surface area contributed by atoms with Gasteiger partial charge in [0, 0.05) is 5.56 Å². The van der Waals surface area contributed by atoms with Gasteiger partial charge in [-0.2, -0.15) is 0 Å². The zero-order chi connectivity index (χ0) is 15.4. The number of hydrogen-bond acceptors (Lipinski definition) is 3. The second kappa shape index (κ2) is 6.41. The predicted molar refractivity (Wildman–Crippen MR) is 86.7 cm³/mol. The van der Waals surface area contributed by atoms with Gasteiger partial charge < -0.3 is 9.84 Å². The molecule has 0 aliphatic heterocycles. The fraction of sp³-hybridized carbons (Fsp3) is 0.105. The Bertz CT molecular complexity index is 739. The summed E-state index contributed by atoms with van der Waals surface area (Å²) >= 11 is 0. The van der Waals surface area contributed by atoms with Gasteiger partial charge in [-0.3, -0.25) is 0 Å². The first kappa shape index (κ1) is 14.3. The van der Waals surface area contributed by atoms with Crippen LogP contribution in [-0.2, 0) is 0 Å². The lowest BCUT2D eigenvalue weighted by Crippen LogP contribution is -2.02. The molecule has 0 saturated carbocycles. The summed E-state index contributed by atoms with van der Waals surface area (Å²) < 4.78 is 5.16. The number of benzene rings is 2. The van der Waals surface area contributed by atoms with Gasteiger partial charge in [0.25, 0.3) is 0 Å². The van der Waals surface area contributed by atoms with Gasteiger partial charge in [-0.25, -0.2) is 4.98 Å². The SMILES string of the molecule is COc1ccc(-c2cccc(C(O)c3ccccc3)n2)cc1. The van der Waals surface area contributed by atoms with Crippen LogP contribution < -0.4 is 4.74 Å². The molecule has 0 aliphatic rings. The average molecular weight is 291 g/mol. The van der Waals surface area contributed by atoms with Crippen LogP contribution in [0.15, 0.2) is 72.8 Å². The van der Waals surface area contributed by atoms with Crippen LogP contribution in [-0.4, -0.2) is 17.2 Å². The zero-order valence-electron chi connectivity index (χ0n) is 12.3. The molecule has 0 radical (unpaired) electrons. The van der Waals surface area contributed by atoms with Gasteiger partial charge in [0.2, 0.25) is 0 Å². The molecule has 0 bridgehead atoms. The highest BCUT2D eigenvalue weighted by molar-refractivity contribution is 5.60. The van der Waals surface area contributed by atoms with Crippen molar-refractivity contribution in [2.45, 2.75) is 6.10 Å². The van der Waals surface area contributed by atoms with E-state index in [1.54, 1.807) is 7.11 Å². The first-order valence-electron chi connectivity index (χ1n) is 7.12. The summed E-state index contributed by atoms with van der Waals surface area (Å²) in [6.45, 7) is 0. The minimum absolute atomic E-state index is 0.638. The minimum atomic E-state index is -0.723. The van der Waals surface area contributed by atoms with Gasteiger partial charge in [-0.1, -0.05) is 36.4 Å². The molecular formula is C19H17NO2. The Morgan fingerprint density at radius 1 is 0.864 bits per heavy atom. The summed E-state index contributed by atoms with van der Waals surface area (Å²) in [5.74, 6) is 0.809. The van der Waals surface area contributed by atoms with Gasteiger partial charge in [0.05, 0.1) is 18.5 Å². The average Bonchev–Trinajstić information content (AvgIpc) is 2.62. The molecule has 0 amide bonds. The highest BCUT2D eigenvalue weighted by Crippen LogP contribution is 2.24. The fourth-order valence-electron chi connectivity index (χ4n) is 2.33. The zero-order valence-corrected chi connectivity index (χ0v) is 12.3. The summed E-state index contributed by atoms with van der Waals surface area (Å²) in [7, 11) is 1.64. The number of nitrogens with zero attached hydrogens (tertiary/aromatic N) is 1. The molecule has 1 unspecified atom stereocenters. The van der Waals surface area contributed by atoms with Gasteiger partial charge in [0.15, 0.2) is 0 Å². The molecule has 1 N–H and O–H groups in total. The monoisotopic (exact) mass is 291 g/mol. The first-order chi connectivity index (χ1) is 10.8. The lowest BCUT2D eigenvalue weighted by Gasteiger charge is -2.12. The van der Waals surface area contributed by atoms with Crippen molar-refractivity contribution in [3.05, 3.63) is 84.1 Å². The van der Waals surface area contributed by atoms with Crippen molar-refractivity contribution in [3.8, 4) is 17.0 Å². The van der Waals surface area contributed by atoms with Crippen LogP contribution >= 0.6 is 0 Å². The molecule has 0 fully saturated rings. The number of aromatic nitrogens is 1. The minimum Gasteiger partial charge on any atom is -0.497 e. The number of ether oxygens (including phenoxy) is 1. The van der Waals surface area contributed by atoms with E-state index in [1.807, 2.05) is 72.8 Å². The number of pyridine rings is 1. The predicted octanol–water partition coefficient (Wildman–Crippen LogP) is 3.84. The molecule has 22 heavy (non-hydrogen) atoms. The molecule has 0 spiro atoms. The van der Waals surface area contributed by atoms with Crippen molar-refractivity contribution in [2.75, 3.05) is 7.11 Å². The summed E-state index contributed by atoms with van der Waals surface area (Å²) in [6, 6.07) is 22.9. The first-order valence-corrected chi connectivity index (χ1v) is 7.12.